The number of anilines is 3. The smallest absolute Gasteiger partial charge is 0.332 e. The molecule has 2 aromatic rings. The van der Waals surface area contributed by atoms with Gasteiger partial charge in [0.2, 0.25) is 0 Å². The fourth-order valence-electron chi connectivity index (χ4n) is 5.33. The van der Waals surface area contributed by atoms with Crippen LogP contribution in [-0.4, -0.2) is 91.5 Å². The molecule has 2 aliphatic rings. The van der Waals surface area contributed by atoms with E-state index in [9.17, 15) is 9.59 Å². The zero-order chi connectivity index (χ0) is 30.0. The fraction of sp³-hybridized carbons (Fsp3) is 0.613. The SMILES string of the molecule is CC(C)(C)OC(=O)COCCOCCN1CCC(c2ccc(Nc3nc(N4CCCCC4)cnc3C(N)=O)cc2)CC1. The topological polar surface area (TPSA) is 132 Å². The van der Waals surface area contributed by atoms with E-state index in [0.29, 0.717) is 31.6 Å². The minimum absolute atomic E-state index is 0.0559. The molecule has 0 radical (unpaired) electrons. The number of esters is 1. The summed E-state index contributed by atoms with van der Waals surface area (Å²) in [4.78, 5) is 37.3. The van der Waals surface area contributed by atoms with Crippen molar-refractivity contribution in [2.75, 3.05) is 69.4 Å². The molecule has 1 aromatic carbocycles. The van der Waals surface area contributed by atoms with Crippen LogP contribution in [-0.2, 0) is 19.0 Å². The molecule has 11 heteroatoms. The van der Waals surface area contributed by atoms with E-state index in [1.807, 2.05) is 32.9 Å². The Morgan fingerprint density at radius 2 is 1.67 bits per heavy atom. The predicted octanol–water partition coefficient (Wildman–Crippen LogP) is 3.86. The summed E-state index contributed by atoms with van der Waals surface area (Å²) >= 11 is 0. The number of amides is 1. The van der Waals surface area contributed by atoms with Gasteiger partial charge in [-0.2, -0.15) is 0 Å². The van der Waals surface area contributed by atoms with E-state index < -0.39 is 11.5 Å². The van der Waals surface area contributed by atoms with Crippen molar-refractivity contribution in [3.63, 3.8) is 0 Å². The van der Waals surface area contributed by atoms with Crippen molar-refractivity contribution in [2.45, 2.75) is 64.4 Å². The third-order valence-electron chi connectivity index (χ3n) is 7.47. The van der Waals surface area contributed by atoms with Crippen LogP contribution in [0.3, 0.4) is 0 Å². The minimum Gasteiger partial charge on any atom is -0.458 e. The van der Waals surface area contributed by atoms with Crippen LogP contribution in [0.5, 0.6) is 0 Å². The first-order valence-corrected chi connectivity index (χ1v) is 15.1. The lowest BCUT2D eigenvalue weighted by atomic mass is 9.89. The number of rotatable bonds is 13. The second-order valence-electron chi connectivity index (χ2n) is 12.0. The number of ether oxygens (including phenoxy) is 3. The number of hydrogen-bond donors (Lipinski definition) is 2. The average molecular weight is 583 g/mol. The van der Waals surface area contributed by atoms with Crippen molar-refractivity contribution < 1.29 is 23.8 Å². The number of benzene rings is 1. The highest BCUT2D eigenvalue weighted by Crippen LogP contribution is 2.30. The maximum atomic E-state index is 12.0. The first-order chi connectivity index (χ1) is 20.2. The largest absolute Gasteiger partial charge is 0.458 e. The molecule has 1 aromatic heterocycles. The Hall–Kier alpha value is -3.28. The summed E-state index contributed by atoms with van der Waals surface area (Å²) in [5.41, 5.74) is 7.38. The molecular weight excluding hydrogens is 536 g/mol. The van der Waals surface area contributed by atoms with E-state index in [2.05, 4.69) is 32.2 Å². The summed E-state index contributed by atoms with van der Waals surface area (Å²) in [5, 5.41) is 3.27. The lowest BCUT2D eigenvalue weighted by molar-refractivity contribution is -0.160. The van der Waals surface area contributed by atoms with Crippen molar-refractivity contribution in [1.29, 1.82) is 0 Å². The third-order valence-corrected chi connectivity index (χ3v) is 7.47. The first-order valence-electron chi connectivity index (χ1n) is 15.1. The van der Waals surface area contributed by atoms with Crippen LogP contribution < -0.4 is 16.0 Å². The average Bonchev–Trinajstić information content (AvgIpc) is 2.97. The van der Waals surface area contributed by atoms with Crippen LogP contribution >= 0.6 is 0 Å². The molecule has 2 aliphatic heterocycles. The van der Waals surface area contributed by atoms with Gasteiger partial charge in [0.1, 0.15) is 18.0 Å². The van der Waals surface area contributed by atoms with Gasteiger partial charge in [-0.1, -0.05) is 12.1 Å². The number of likely N-dealkylation sites (tertiary alicyclic amines) is 1. The molecule has 4 rings (SSSR count). The molecule has 2 saturated heterocycles. The number of nitrogens with one attached hydrogen (secondary N) is 1. The summed E-state index contributed by atoms with van der Waals surface area (Å²) < 4.78 is 16.2. The lowest BCUT2D eigenvalue weighted by Gasteiger charge is -2.32. The Bertz CT molecular complexity index is 1160. The van der Waals surface area contributed by atoms with Gasteiger partial charge in [0, 0.05) is 25.3 Å². The Labute approximate surface area is 249 Å². The number of primary amides is 1. The molecule has 0 spiro atoms. The molecular formula is C31H46N6O5. The van der Waals surface area contributed by atoms with Gasteiger partial charge in [-0.05, 0) is 89.6 Å². The molecule has 11 nitrogen and oxygen atoms in total. The maximum Gasteiger partial charge on any atom is 0.332 e. The predicted molar refractivity (Wildman–Crippen MR) is 162 cm³/mol. The number of piperidine rings is 2. The van der Waals surface area contributed by atoms with Crippen molar-refractivity contribution in [1.82, 2.24) is 14.9 Å². The third kappa shape index (κ3) is 9.92. The molecule has 0 unspecified atom stereocenters. The minimum atomic E-state index is -0.601. The molecule has 0 atom stereocenters. The Morgan fingerprint density at radius 1 is 0.976 bits per heavy atom. The first kappa shape index (κ1) is 31.7. The maximum absolute atomic E-state index is 12.0. The van der Waals surface area contributed by atoms with Gasteiger partial charge in [-0.25, -0.2) is 14.8 Å². The van der Waals surface area contributed by atoms with Gasteiger partial charge in [-0.3, -0.25) is 4.79 Å². The van der Waals surface area contributed by atoms with Gasteiger partial charge < -0.3 is 35.1 Å². The molecule has 0 saturated carbocycles. The molecule has 3 N–H and O–H groups in total. The van der Waals surface area contributed by atoms with E-state index in [-0.39, 0.29) is 18.3 Å². The molecule has 0 aliphatic carbocycles. The van der Waals surface area contributed by atoms with E-state index in [4.69, 9.17) is 24.9 Å². The normalized spacial score (nSPS) is 16.8. The highest BCUT2D eigenvalue weighted by molar-refractivity contribution is 5.96. The van der Waals surface area contributed by atoms with Crippen LogP contribution in [0.4, 0.5) is 17.3 Å². The Kier molecular flexibility index (Phi) is 11.5. The number of hydrogen-bond acceptors (Lipinski definition) is 10. The Morgan fingerprint density at radius 3 is 2.33 bits per heavy atom. The number of nitrogens with zero attached hydrogens (tertiary/aromatic N) is 4. The van der Waals surface area contributed by atoms with Crippen molar-refractivity contribution >= 4 is 29.2 Å². The molecule has 42 heavy (non-hydrogen) atoms. The zero-order valence-electron chi connectivity index (χ0n) is 25.3. The Balaban J connectivity index is 1.18. The monoisotopic (exact) mass is 582 g/mol. The standard InChI is InChI=1S/C31H46N6O5/c1-31(2,3)42-27(38)22-41-20-19-40-18-17-36-15-11-24(12-16-36)23-7-9-25(10-8-23)34-30-28(29(32)39)33-21-26(35-30)37-13-5-4-6-14-37/h7-10,21,24H,4-6,11-20,22H2,1-3H3,(H2,32,39)(H,34,35). The van der Waals surface area contributed by atoms with E-state index in [1.165, 1.54) is 12.0 Å². The summed E-state index contributed by atoms with van der Waals surface area (Å²) in [5.74, 6) is 0.697. The molecule has 0 bridgehead atoms. The summed E-state index contributed by atoms with van der Waals surface area (Å²) in [7, 11) is 0. The lowest BCUT2D eigenvalue weighted by Crippen LogP contribution is -2.35. The van der Waals surface area contributed by atoms with Crippen LogP contribution in [0, 0.1) is 0 Å². The molecule has 230 valence electrons. The summed E-state index contributed by atoms with van der Waals surface area (Å²) in [6, 6.07) is 8.35. The molecule has 1 amide bonds. The van der Waals surface area contributed by atoms with Gasteiger partial charge in [0.05, 0.1) is 26.0 Å². The van der Waals surface area contributed by atoms with Crippen LogP contribution in [0.25, 0.3) is 0 Å². The summed E-state index contributed by atoms with van der Waals surface area (Å²) in [6.45, 7) is 11.7. The summed E-state index contributed by atoms with van der Waals surface area (Å²) in [6.07, 6.45) is 7.29. The van der Waals surface area contributed by atoms with Gasteiger partial charge in [0.15, 0.2) is 11.5 Å². The highest BCUT2D eigenvalue weighted by Gasteiger charge is 2.22. The van der Waals surface area contributed by atoms with Gasteiger partial charge in [-0.15, -0.1) is 0 Å². The quantitative estimate of drug-likeness (QED) is 0.265. The van der Waals surface area contributed by atoms with Gasteiger partial charge in [0.25, 0.3) is 5.91 Å². The van der Waals surface area contributed by atoms with E-state index in [1.54, 1.807) is 6.20 Å². The van der Waals surface area contributed by atoms with Crippen molar-refractivity contribution in [3.05, 3.63) is 41.7 Å². The van der Waals surface area contributed by atoms with Crippen molar-refractivity contribution in [3.8, 4) is 0 Å². The second-order valence-corrected chi connectivity index (χ2v) is 12.0. The number of nitrogens with two attached hydrogens (primary N) is 1. The van der Waals surface area contributed by atoms with Crippen LogP contribution in [0.15, 0.2) is 30.5 Å². The number of carbonyl (C=O) groups is 2. The van der Waals surface area contributed by atoms with Crippen LogP contribution in [0.2, 0.25) is 0 Å². The molecule has 2 fully saturated rings. The second kappa shape index (κ2) is 15.3. The van der Waals surface area contributed by atoms with E-state index in [0.717, 1.165) is 69.9 Å². The molecule has 3 heterocycles. The fourth-order valence-corrected chi connectivity index (χ4v) is 5.33. The van der Waals surface area contributed by atoms with E-state index >= 15 is 0 Å². The highest BCUT2D eigenvalue weighted by atomic mass is 16.6. The number of carbonyl (C=O) groups excluding carboxylic acids is 2. The van der Waals surface area contributed by atoms with Crippen molar-refractivity contribution in [2.24, 2.45) is 5.73 Å². The van der Waals surface area contributed by atoms with Gasteiger partial charge >= 0.3 is 5.97 Å². The number of aromatic nitrogens is 2. The zero-order valence-corrected chi connectivity index (χ0v) is 25.3. The van der Waals surface area contributed by atoms with Crippen LogP contribution in [0.1, 0.15) is 74.8 Å².